The SMILES string of the molecule is C=C(CCC(C)C1CCC2(C)C3CCC4C(C)(C)C(O)CCC45CC35CCC12C)C(C)C.CC(C)=CCCC(C)C1CCC2(C)C3CCC4C(C)(C)C(O)CCC45CC35CCC12C.CC(C)C(C)CCC(C)C1CCC2(C)C3CCC4C(C)(C)C(O)CCC45CC35CCC12C.CC(C)CCCC(C)C1CCC2(C)C3CCC4C(C)(C)C(O)CCC45CC35CCC12C. The minimum atomic E-state index is -0.0888. The van der Waals surface area contributed by atoms with Crippen LogP contribution in [0.4, 0.5) is 0 Å². The average molecular weight is 1740 g/mol. The maximum Gasteiger partial charge on any atom is 0.0594 e. The first kappa shape index (κ1) is 97.0. The molecule has 0 amide bonds. The first-order chi connectivity index (χ1) is 58.6. The number of fused-ring (bicyclic) bond motifs is 8. The van der Waals surface area contributed by atoms with Crippen molar-refractivity contribution >= 4 is 0 Å². The van der Waals surface area contributed by atoms with Crippen molar-refractivity contribution in [3.05, 3.63) is 23.8 Å². The second kappa shape index (κ2) is 31.9. The quantitative estimate of drug-likeness (QED) is 0.0972. The van der Waals surface area contributed by atoms with E-state index in [1.54, 1.807) is 0 Å². The predicted molar refractivity (Wildman–Crippen MR) is 532 cm³/mol. The van der Waals surface area contributed by atoms with Crippen molar-refractivity contribution in [3.63, 3.8) is 0 Å². The number of hydrogen-bond donors (Lipinski definition) is 4. The lowest BCUT2D eigenvalue weighted by molar-refractivity contribution is -0.161. The van der Waals surface area contributed by atoms with Crippen LogP contribution in [0, 0.1) is 227 Å². The summed E-state index contributed by atoms with van der Waals surface area (Å²) in [7, 11) is 0. The van der Waals surface area contributed by atoms with E-state index < -0.39 is 0 Å². The molecule has 37 unspecified atom stereocenters. The van der Waals surface area contributed by atoms with Gasteiger partial charge in [0.25, 0.3) is 0 Å². The maximum absolute atomic E-state index is 10.9. The third kappa shape index (κ3) is 13.2. The van der Waals surface area contributed by atoms with Crippen molar-refractivity contribution < 1.29 is 20.4 Å². The summed E-state index contributed by atoms with van der Waals surface area (Å²) in [6, 6.07) is 0. The van der Waals surface area contributed by atoms with Crippen LogP contribution in [0.3, 0.4) is 0 Å². The third-order valence-corrected chi connectivity index (χ3v) is 53.9. The molecule has 8 spiro atoms. The lowest BCUT2D eigenvalue weighted by Gasteiger charge is -2.63. The fourth-order valence-electron chi connectivity index (χ4n) is 45.1. The molecule has 37 atom stereocenters. The monoisotopic (exact) mass is 1740 g/mol. The van der Waals surface area contributed by atoms with Crippen molar-refractivity contribution in [2.45, 2.75) is 514 Å². The molecule has 0 aromatic heterocycles. The number of aliphatic hydroxyl groups excluding tert-OH is 4. The van der Waals surface area contributed by atoms with Gasteiger partial charge in [-0.05, 0) is 497 Å². The Morgan fingerprint density at radius 3 is 0.817 bits per heavy atom. The number of hydrogen-bond acceptors (Lipinski definition) is 4. The van der Waals surface area contributed by atoms with Crippen LogP contribution in [0.2, 0.25) is 0 Å². The van der Waals surface area contributed by atoms with Crippen molar-refractivity contribution in [1.82, 2.24) is 0 Å². The van der Waals surface area contributed by atoms with E-state index in [2.05, 4.69) is 213 Å². The fourth-order valence-corrected chi connectivity index (χ4v) is 45.1. The van der Waals surface area contributed by atoms with Crippen LogP contribution in [0.5, 0.6) is 0 Å². The maximum atomic E-state index is 10.9. The van der Waals surface area contributed by atoms with E-state index in [0.717, 1.165) is 138 Å². The number of allylic oxidation sites excluding steroid dienone is 3. The van der Waals surface area contributed by atoms with Gasteiger partial charge in [0.15, 0.2) is 0 Å². The molecule has 0 aromatic carbocycles. The molecular formula is C122H208O4. The highest BCUT2D eigenvalue weighted by Crippen LogP contribution is 2.94. The molecule has 0 heterocycles. The van der Waals surface area contributed by atoms with Crippen molar-refractivity contribution in [2.24, 2.45) is 227 Å². The van der Waals surface area contributed by atoms with Gasteiger partial charge in [-0.15, -0.1) is 0 Å². The van der Waals surface area contributed by atoms with E-state index in [1.165, 1.54) is 274 Å². The Morgan fingerprint density at radius 2 is 0.548 bits per heavy atom. The minimum Gasteiger partial charge on any atom is -0.393 e. The standard InChI is InChI=1S/C31H54O.C31H52O.C30H52O.C30H50O/c2*1-20(2)21(3)9-10-22(4)23-13-15-29(8)25-12-11-24-27(5,6)26(32)14-16-30(24)19-31(25,30)18-17-28(23,29)7;2*1-20(2)9-8-10-21(3)22-13-15-28(7)24-12-11-23-26(4,5)25(31)14-16-29(23)19-30(24,29)18-17-27(22,28)6/h20-26,32H,9-19H2,1-8H3;20,22-26,32H,3,9-19H2,1-2,4-8H3;20-25,31H,8-19H2,1-7H3;9,21-25,31H,8,10-19H2,1-7H3. The van der Waals surface area contributed by atoms with Gasteiger partial charge in [-0.2, -0.15) is 0 Å². The molecule has 126 heavy (non-hydrogen) atoms. The highest BCUT2D eigenvalue weighted by atomic mass is 16.3. The zero-order chi connectivity index (χ0) is 91.5. The van der Waals surface area contributed by atoms with Gasteiger partial charge in [0, 0.05) is 0 Å². The Bertz CT molecular complexity index is 3990. The normalized spacial score (nSPS) is 52.8. The van der Waals surface area contributed by atoms with E-state index >= 15 is 0 Å². The van der Waals surface area contributed by atoms with Crippen molar-refractivity contribution in [1.29, 1.82) is 0 Å². The summed E-state index contributed by atoms with van der Waals surface area (Å²) >= 11 is 0. The third-order valence-electron chi connectivity index (χ3n) is 53.9. The largest absolute Gasteiger partial charge is 0.393 e. The van der Waals surface area contributed by atoms with Gasteiger partial charge >= 0.3 is 0 Å². The Morgan fingerprint density at radius 1 is 0.286 bits per heavy atom. The van der Waals surface area contributed by atoms with Crippen LogP contribution in [0.15, 0.2) is 23.8 Å². The molecule has 0 aliphatic heterocycles. The Balaban J connectivity index is 0.000000119. The first-order valence-corrected chi connectivity index (χ1v) is 56.6. The molecule has 4 heteroatoms. The Labute approximate surface area is 780 Å². The highest BCUT2D eigenvalue weighted by Gasteiger charge is 2.87. The van der Waals surface area contributed by atoms with Gasteiger partial charge in [0.1, 0.15) is 0 Å². The average Bonchev–Trinajstić information content (AvgIpc) is 1.48. The van der Waals surface area contributed by atoms with Crippen LogP contribution in [0.25, 0.3) is 0 Å². The molecule has 20 saturated carbocycles. The van der Waals surface area contributed by atoms with Crippen LogP contribution in [0.1, 0.15) is 490 Å². The second-order valence-electron chi connectivity index (χ2n) is 59.4. The molecule has 0 radical (unpaired) electrons. The van der Waals surface area contributed by atoms with Crippen LogP contribution in [-0.2, 0) is 0 Å². The molecule has 0 bridgehead atoms. The molecule has 0 aromatic rings. The van der Waals surface area contributed by atoms with Gasteiger partial charge in [0.05, 0.1) is 24.4 Å². The molecule has 20 aliphatic rings. The van der Waals surface area contributed by atoms with Gasteiger partial charge < -0.3 is 20.4 Å². The molecular weight excluding hydrogens is 1530 g/mol. The Hall–Kier alpha value is -0.680. The minimum absolute atomic E-state index is 0.0793. The second-order valence-corrected chi connectivity index (χ2v) is 59.4. The zero-order valence-corrected chi connectivity index (χ0v) is 88.7. The molecule has 0 saturated heterocycles. The fraction of sp³-hybridized carbons (Fsp3) is 0.967. The molecule has 20 aliphatic carbocycles. The molecule has 20 fully saturated rings. The molecule has 20 rings (SSSR count). The van der Waals surface area contributed by atoms with Crippen molar-refractivity contribution in [3.8, 4) is 0 Å². The zero-order valence-electron chi connectivity index (χ0n) is 88.7. The van der Waals surface area contributed by atoms with Crippen LogP contribution in [-0.4, -0.2) is 44.8 Å². The molecule has 4 N–H and O–H groups in total. The summed E-state index contributed by atoms with van der Waals surface area (Å²) in [5, 5.41) is 43.4. The lowest BCUT2D eigenvalue weighted by atomic mass is 9.41. The van der Waals surface area contributed by atoms with E-state index in [4.69, 9.17) is 0 Å². The van der Waals surface area contributed by atoms with Gasteiger partial charge in [-0.1, -0.05) is 243 Å². The summed E-state index contributed by atoms with van der Waals surface area (Å²) in [4.78, 5) is 0. The summed E-state index contributed by atoms with van der Waals surface area (Å²) in [5.41, 5.74) is 12.5. The first-order valence-electron chi connectivity index (χ1n) is 56.6. The van der Waals surface area contributed by atoms with Gasteiger partial charge in [-0.25, -0.2) is 0 Å². The van der Waals surface area contributed by atoms with Crippen molar-refractivity contribution in [2.75, 3.05) is 0 Å². The summed E-state index contributed by atoms with van der Waals surface area (Å²) in [6.07, 6.45) is 64.8. The van der Waals surface area contributed by atoms with E-state index in [1.807, 2.05) is 0 Å². The van der Waals surface area contributed by atoms with Crippen LogP contribution >= 0.6 is 0 Å². The van der Waals surface area contributed by atoms with E-state index in [9.17, 15) is 20.4 Å². The molecule has 720 valence electrons. The van der Waals surface area contributed by atoms with E-state index in [-0.39, 0.29) is 46.1 Å². The smallest absolute Gasteiger partial charge is 0.0594 e. The highest BCUT2D eigenvalue weighted by molar-refractivity contribution is 5.36. The predicted octanol–water partition coefficient (Wildman–Crippen LogP) is 33.3. The summed E-state index contributed by atoms with van der Waals surface area (Å²) in [5.74, 6) is 17.1. The lowest BCUT2D eigenvalue weighted by Crippen LogP contribution is -2.57. The topological polar surface area (TPSA) is 80.9 Å². The number of aliphatic hydroxyl groups is 4. The molecule has 4 nitrogen and oxygen atoms in total. The Kier molecular flexibility index (Phi) is 24.6. The van der Waals surface area contributed by atoms with Crippen LogP contribution < -0.4 is 0 Å². The summed E-state index contributed by atoms with van der Waals surface area (Å²) < 4.78 is 0. The van der Waals surface area contributed by atoms with Gasteiger partial charge in [-0.3, -0.25) is 0 Å². The van der Waals surface area contributed by atoms with Gasteiger partial charge in [0.2, 0.25) is 0 Å². The summed E-state index contributed by atoms with van der Waals surface area (Å²) in [6.45, 7) is 77.0. The van der Waals surface area contributed by atoms with E-state index in [0.29, 0.717) is 92.6 Å². The number of rotatable bonds is 19.